The maximum atomic E-state index is 6.03. The fourth-order valence-corrected chi connectivity index (χ4v) is 2.68. The second-order valence-electron chi connectivity index (χ2n) is 5.57. The molecule has 0 amide bonds. The van der Waals surface area contributed by atoms with Crippen LogP contribution in [0.1, 0.15) is 11.1 Å². The van der Waals surface area contributed by atoms with Gasteiger partial charge in [-0.2, -0.15) is 5.10 Å². The van der Waals surface area contributed by atoms with Crippen LogP contribution in [0.5, 0.6) is 11.5 Å². The monoisotopic (exact) mass is 365 g/mol. The molecule has 0 aliphatic heterocycles. The van der Waals surface area contributed by atoms with Gasteiger partial charge in [0.1, 0.15) is 6.61 Å². The molecule has 0 fully saturated rings. The number of thiocarbonyl (C=S) groups is 1. The smallest absolute Gasteiger partial charge is 0.184 e. The van der Waals surface area contributed by atoms with Crippen molar-refractivity contribution in [2.75, 3.05) is 7.11 Å². The summed E-state index contributed by atoms with van der Waals surface area (Å²) in [7, 11) is 1.61. The van der Waals surface area contributed by atoms with Crippen molar-refractivity contribution in [2.45, 2.75) is 6.61 Å². The molecule has 0 saturated carbocycles. The van der Waals surface area contributed by atoms with Crippen LogP contribution in [-0.4, -0.2) is 18.4 Å². The molecule has 3 N–H and O–H groups in total. The number of hydrogen-bond acceptors (Lipinski definition) is 4. The number of nitrogens with zero attached hydrogens (tertiary/aromatic N) is 1. The lowest BCUT2D eigenvalue weighted by Gasteiger charge is -2.13. The highest BCUT2D eigenvalue weighted by molar-refractivity contribution is 7.80. The predicted molar refractivity (Wildman–Crippen MR) is 109 cm³/mol. The quantitative estimate of drug-likeness (QED) is 0.397. The predicted octanol–water partition coefficient (Wildman–Crippen LogP) is 3.59. The lowest BCUT2D eigenvalue weighted by Crippen LogP contribution is -2.23. The third kappa shape index (κ3) is 4.29. The molecule has 3 rings (SSSR count). The van der Waals surface area contributed by atoms with E-state index in [4.69, 9.17) is 27.4 Å². The van der Waals surface area contributed by atoms with Crippen LogP contribution in [0.25, 0.3) is 10.8 Å². The molecular weight excluding hydrogens is 346 g/mol. The third-order valence-corrected chi connectivity index (χ3v) is 3.93. The molecule has 0 aromatic heterocycles. The lowest BCUT2D eigenvalue weighted by atomic mass is 10.1. The molecule has 3 aromatic carbocycles. The molecule has 5 nitrogen and oxygen atoms in total. The second-order valence-corrected chi connectivity index (χ2v) is 6.01. The number of nitrogens with one attached hydrogen (secondary N) is 1. The molecule has 6 heteroatoms. The summed E-state index contributed by atoms with van der Waals surface area (Å²) in [4.78, 5) is 0. The van der Waals surface area contributed by atoms with Crippen molar-refractivity contribution >= 4 is 34.3 Å². The SMILES string of the molecule is COc1ccc(/C=N/NC(N)=S)cc1OCc1cccc2ccccc12. The van der Waals surface area contributed by atoms with Crippen LogP contribution in [0, 0.1) is 0 Å². The van der Waals surface area contributed by atoms with E-state index in [0.717, 1.165) is 11.1 Å². The van der Waals surface area contributed by atoms with E-state index in [0.29, 0.717) is 18.1 Å². The summed E-state index contributed by atoms with van der Waals surface area (Å²) in [6.45, 7) is 0.434. The molecule has 0 aliphatic carbocycles. The Kier molecular flexibility index (Phi) is 5.66. The summed E-state index contributed by atoms with van der Waals surface area (Å²) < 4.78 is 11.4. The lowest BCUT2D eigenvalue weighted by molar-refractivity contribution is 0.285. The zero-order chi connectivity index (χ0) is 18.4. The highest BCUT2D eigenvalue weighted by Crippen LogP contribution is 2.29. The van der Waals surface area contributed by atoms with Crippen LogP contribution in [0.2, 0.25) is 0 Å². The number of hydrogen-bond donors (Lipinski definition) is 2. The van der Waals surface area contributed by atoms with Crippen molar-refractivity contribution in [2.24, 2.45) is 10.8 Å². The van der Waals surface area contributed by atoms with Crippen LogP contribution in [0.3, 0.4) is 0 Å². The van der Waals surface area contributed by atoms with Gasteiger partial charge in [-0.25, -0.2) is 0 Å². The maximum Gasteiger partial charge on any atom is 0.184 e. The van der Waals surface area contributed by atoms with Crippen molar-refractivity contribution in [1.29, 1.82) is 0 Å². The van der Waals surface area contributed by atoms with Gasteiger partial charge >= 0.3 is 0 Å². The molecule has 0 unspecified atom stereocenters. The summed E-state index contributed by atoms with van der Waals surface area (Å²) in [5.41, 5.74) is 9.82. The first-order chi connectivity index (χ1) is 12.7. The normalized spacial score (nSPS) is 10.8. The van der Waals surface area contributed by atoms with Crippen LogP contribution in [0.4, 0.5) is 0 Å². The molecule has 0 radical (unpaired) electrons. The van der Waals surface area contributed by atoms with Crippen LogP contribution in [-0.2, 0) is 6.61 Å². The molecule has 0 saturated heterocycles. The molecule has 26 heavy (non-hydrogen) atoms. The fraction of sp³-hybridized carbons (Fsp3) is 0.100. The van der Waals surface area contributed by atoms with Gasteiger partial charge in [0.2, 0.25) is 0 Å². The minimum Gasteiger partial charge on any atom is -0.493 e. The van der Waals surface area contributed by atoms with Crippen LogP contribution < -0.4 is 20.6 Å². The summed E-state index contributed by atoms with van der Waals surface area (Å²) >= 11 is 4.72. The van der Waals surface area contributed by atoms with Gasteiger partial charge in [0.05, 0.1) is 13.3 Å². The van der Waals surface area contributed by atoms with Crippen molar-refractivity contribution in [1.82, 2.24) is 5.43 Å². The van der Waals surface area contributed by atoms with Gasteiger partial charge in [0, 0.05) is 0 Å². The fourth-order valence-electron chi connectivity index (χ4n) is 2.63. The Hall–Kier alpha value is -3.12. The summed E-state index contributed by atoms with van der Waals surface area (Å²) in [6.07, 6.45) is 1.61. The zero-order valence-corrected chi connectivity index (χ0v) is 15.1. The molecule has 0 bridgehead atoms. The Balaban J connectivity index is 1.81. The van der Waals surface area contributed by atoms with Crippen molar-refractivity contribution in [3.05, 3.63) is 71.8 Å². The van der Waals surface area contributed by atoms with E-state index < -0.39 is 0 Å². The van der Waals surface area contributed by atoms with Gasteiger partial charge in [0.15, 0.2) is 16.6 Å². The number of fused-ring (bicyclic) bond motifs is 1. The summed E-state index contributed by atoms with van der Waals surface area (Å²) in [5.74, 6) is 1.30. The largest absolute Gasteiger partial charge is 0.493 e. The van der Waals surface area contributed by atoms with E-state index >= 15 is 0 Å². The molecular formula is C20H19N3O2S. The number of benzene rings is 3. The van der Waals surface area contributed by atoms with Gasteiger partial charge in [-0.1, -0.05) is 42.5 Å². The van der Waals surface area contributed by atoms with Crippen molar-refractivity contribution in [3.8, 4) is 11.5 Å². The Morgan fingerprint density at radius 2 is 1.92 bits per heavy atom. The van der Waals surface area contributed by atoms with E-state index in [9.17, 15) is 0 Å². The van der Waals surface area contributed by atoms with Crippen molar-refractivity contribution in [3.63, 3.8) is 0 Å². The number of ether oxygens (including phenoxy) is 2. The second kappa shape index (κ2) is 8.31. The average Bonchev–Trinajstić information content (AvgIpc) is 2.66. The number of hydrazone groups is 1. The first-order valence-corrected chi connectivity index (χ1v) is 8.44. The minimum atomic E-state index is 0.113. The molecule has 132 valence electrons. The molecule has 0 aliphatic rings. The van der Waals surface area contributed by atoms with Crippen LogP contribution in [0.15, 0.2) is 65.8 Å². The Morgan fingerprint density at radius 1 is 1.12 bits per heavy atom. The molecule has 3 aromatic rings. The first kappa shape index (κ1) is 17.7. The third-order valence-electron chi connectivity index (χ3n) is 3.84. The van der Waals surface area contributed by atoms with E-state index in [-0.39, 0.29) is 5.11 Å². The molecule has 0 spiro atoms. The number of rotatable bonds is 6. The average molecular weight is 365 g/mol. The van der Waals surface area contributed by atoms with Crippen molar-refractivity contribution < 1.29 is 9.47 Å². The van der Waals surface area contributed by atoms with E-state index in [2.05, 4.69) is 34.8 Å². The summed E-state index contributed by atoms with van der Waals surface area (Å²) in [6, 6.07) is 20.0. The van der Waals surface area contributed by atoms with Gasteiger partial charge in [-0.15, -0.1) is 0 Å². The Bertz CT molecular complexity index is 951. The van der Waals surface area contributed by atoms with Gasteiger partial charge in [0.25, 0.3) is 0 Å². The van der Waals surface area contributed by atoms with Gasteiger partial charge in [-0.05, 0) is 52.3 Å². The Labute approximate surface area is 157 Å². The molecule has 0 heterocycles. The van der Waals surface area contributed by atoms with E-state index in [1.54, 1.807) is 13.3 Å². The van der Waals surface area contributed by atoms with Gasteiger partial charge in [-0.3, -0.25) is 5.43 Å². The maximum absolute atomic E-state index is 6.03. The Morgan fingerprint density at radius 3 is 2.73 bits per heavy atom. The van der Waals surface area contributed by atoms with Gasteiger partial charge < -0.3 is 15.2 Å². The zero-order valence-electron chi connectivity index (χ0n) is 14.3. The standard InChI is InChI=1S/C20H19N3O2S/c1-24-18-10-9-14(12-22-23-20(21)26)11-19(18)25-13-16-7-4-6-15-5-2-3-8-17(15)16/h2-12H,13H2,1H3,(H3,21,23,26)/b22-12+. The topological polar surface area (TPSA) is 68.9 Å². The van der Waals surface area contributed by atoms with E-state index in [1.165, 1.54) is 10.8 Å². The number of methoxy groups -OCH3 is 1. The highest BCUT2D eigenvalue weighted by Gasteiger charge is 2.07. The highest BCUT2D eigenvalue weighted by atomic mass is 32.1. The van der Waals surface area contributed by atoms with E-state index in [1.807, 2.05) is 36.4 Å². The summed E-state index contributed by atoms with van der Waals surface area (Å²) in [5, 5.41) is 6.43. The first-order valence-electron chi connectivity index (χ1n) is 8.03. The number of nitrogens with two attached hydrogens (primary N) is 1. The van der Waals surface area contributed by atoms with Crippen LogP contribution >= 0.6 is 12.2 Å². The molecule has 0 atom stereocenters. The minimum absolute atomic E-state index is 0.113.